The van der Waals surface area contributed by atoms with Gasteiger partial charge in [0.1, 0.15) is 6.54 Å². The van der Waals surface area contributed by atoms with Gasteiger partial charge in [0, 0.05) is 29.9 Å². The molecular weight excluding hydrogens is 339 g/mol. The molecular formula is C15H12Cl2N4O2. The molecule has 1 aromatic carbocycles. The summed E-state index contributed by atoms with van der Waals surface area (Å²) >= 11 is 12.3. The summed E-state index contributed by atoms with van der Waals surface area (Å²) < 4.78 is 1.66. The zero-order valence-corrected chi connectivity index (χ0v) is 13.6. The molecule has 0 saturated carbocycles. The fourth-order valence-electron chi connectivity index (χ4n) is 2.25. The summed E-state index contributed by atoms with van der Waals surface area (Å²) in [5.74, 6) is -0.960. The molecule has 0 aliphatic carbocycles. The zero-order chi connectivity index (χ0) is 16.6. The average molecular weight is 351 g/mol. The Morgan fingerprint density at radius 3 is 2.83 bits per heavy atom. The number of anilines is 1. The Balaban J connectivity index is 2.22. The lowest BCUT2D eigenvalue weighted by Crippen LogP contribution is -2.12. The van der Waals surface area contributed by atoms with Crippen LogP contribution < -0.4 is 5.32 Å². The Bertz CT molecular complexity index is 908. The molecule has 0 bridgehead atoms. The molecule has 0 atom stereocenters. The van der Waals surface area contributed by atoms with E-state index in [4.69, 9.17) is 28.3 Å². The van der Waals surface area contributed by atoms with Crippen LogP contribution in [0.4, 0.5) is 5.69 Å². The van der Waals surface area contributed by atoms with Crippen molar-refractivity contribution < 1.29 is 9.90 Å². The monoisotopic (exact) mass is 350 g/mol. The second-order valence-corrected chi connectivity index (χ2v) is 5.75. The number of benzene rings is 1. The molecule has 23 heavy (non-hydrogen) atoms. The first kappa shape index (κ1) is 15.6. The highest BCUT2D eigenvalue weighted by Gasteiger charge is 2.13. The molecule has 6 nitrogen and oxygen atoms in total. The van der Waals surface area contributed by atoms with Gasteiger partial charge in [-0.1, -0.05) is 23.2 Å². The Morgan fingerprint density at radius 1 is 1.39 bits per heavy atom. The van der Waals surface area contributed by atoms with Crippen LogP contribution in [-0.4, -0.2) is 32.4 Å². The Kier molecular flexibility index (Phi) is 4.11. The van der Waals surface area contributed by atoms with Crippen molar-refractivity contribution >= 4 is 45.8 Å². The van der Waals surface area contributed by atoms with E-state index in [1.807, 2.05) is 6.20 Å². The Morgan fingerprint density at radius 2 is 2.17 bits per heavy atom. The van der Waals surface area contributed by atoms with Crippen molar-refractivity contribution in [2.24, 2.45) is 7.05 Å². The standard InChI is InChI=1S/C15H12Cl2N4O2/c1-21-7-8(5-19-21)11-4-12(18-6-13(22)23)9-2-3-10(16)14(17)15(9)20-11/h2-5,7H,6H2,1H3,(H,18,20)(H,22,23). The van der Waals surface area contributed by atoms with Crippen LogP contribution in [0, 0.1) is 0 Å². The summed E-state index contributed by atoms with van der Waals surface area (Å²) in [6.07, 6.45) is 3.49. The first-order chi connectivity index (χ1) is 11.0. The highest BCUT2D eigenvalue weighted by molar-refractivity contribution is 6.45. The second-order valence-electron chi connectivity index (χ2n) is 4.96. The Labute approximate surface area is 141 Å². The first-order valence-electron chi connectivity index (χ1n) is 6.69. The van der Waals surface area contributed by atoms with Gasteiger partial charge in [0.2, 0.25) is 0 Å². The summed E-state index contributed by atoms with van der Waals surface area (Å²) in [5, 5.41) is 17.3. The molecule has 0 fully saturated rings. The van der Waals surface area contributed by atoms with Crippen LogP contribution in [0.2, 0.25) is 10.0 Å². The van der Waals surface area contributed by atoms with E-state index in [9.17, 15) is 4.79 Å². The number of pyridine rings is 1. The minimum atomic E-state index is -0.960. The third-order valence-electron chi connectivity index (χ3n) is 3.30. The van der Waals surface area contributed by atoms with Gasteiger partial charge >= 0.3 is 5.97 Å². The quantitative estimate of drug-likeness (QED) is 0.753. The maximum Gasteiger partial charge on any atom is 0.322 e. The largest absolute Gasteiger partial charge is 0.480 e. The van der Waals surface area contributed by atoms with Gasteiger partial charge < -0.3 is 10.4 Å². The van der Waals surface area contributed by atoms with Crippen molar-refractivity contribution in [3.63, 3.8) is 0 Å². The van der Waals surface area contributed by atoms with Crippen molar-refractivity contribution in [2.75, 3.05) is 11.9 Å². The number of aryl methyl sites for hydroxylation is 1. The van der Waals surface area contributed by atoms with Crippen LogP contribution in [-0.2, 0) is 11.8 Å². The van der Waals surface area contributed by atoms with Crippen molar-refractivity contribution in [1.29, 1.82) is 0 Å². The number of rotatable bonds is 4. The second kappa shape index (κ2) is 6.06. The molecule has 3 aromatic rings. The number of aromatic nitrogens is 3. The molecule has 118 valence electrons. The number of carbonyl (C=O) groups is 1. The lowest BCUT2D eigenvalue weighted by atomic mass is 10.1. The predicted molar refractivity (Wildman–Crippen MR) is 90.1 cm³/mol. The molecule has 0 aliphatic heterocycles. The molecule has 0 spiro atoms. The number of hydrogen-bond acceptors (Lipinski definition) is 4. The van der Waals surface area contributed by atoms with Gasteiger partial charge in [-0.2, -0.15) is 5.10 Å². The number of aliphatic carboxylic acids is 1. The molecule has 2 aromatic heterocycles. The highest BCUT2D eigenvalue weighted by Crippen LogP contribution is 2.35. The molecule has 0 radical (unpaired) electrons. The van der Waals surface area contributed by atoms with E-state index in [-0.39, 0.29) is 6.54 Å². The minimum Gasteiger partial charge on any atom is -0.480 e. The number of carboxylic acid groups (broad SMARTS) is 1. The van der Waals surface area contributed by atoms with Crippen LogP contribution >= 0.6 is 23.2 Å². The maximum absolute atomic E-state index is 10.8. The molecule has 2 N–H and O–H groups in total. The van der Waals surface area contributed by atoms with E-state index >= 15 is 0 Å². The number of nitrogens with one attached hydrogen (secondary N) is 1. The smallest absolute Gasteiger partial charge is 0.322 e. The normalized spacial score (nSPS) is 10.9. The van der Waals surface area contributed by atoms with E-state index in [1.165, 1.54) is 0 Å². The summed E-state index contributed by atoms with van der Waals surface area (Å²) in [5.41, 5.74) is 2.55. The van der Waals surface area contributed by atoms with Crippen molar-refractivity contribution in [2.45, 2.75) is 0 Å². The average Bonchev–Trinajstić information content (AvgIpc) is 2.95. The fourth-order valence-corrected chi connectivity index (χ4v) is 2.61. The van der Waals surface area contributed by atoms with Gasteiger partial charge in [-0.3, -0.25) is 9.48 Å². The van der Waals surface area contributed by atoms with E-state index in [0.29, 0.717) is 32.3 Å². The number of hydrogen-bond donors (Lipinski definition) is 2. The molecule has 0 saturated heterocycles. The lowest BCUT2D eigenvalue weighted by Gasteiger charge is -2.11. The van der Waals surface area contributed by atoms with Gasteiger partial charge in [0.25, 0.3) is 0 Å². The molecule has 3 rings (SSSR count). The maximum atomic E-state index is 10.8. The minimum absolute atomic E-state index is 0.216. The van der Waals surface area contributed by atoms with Crippen LogP contribution in [0.5, 0.6) is 0 Å². The third kappa shape index (κ3) is 3.09. The van der Waals surface area contributed by atoms with E-state index in [1.54, 1.807) is 36.1 Å². The van der Waals surface area contributed by atoms with Gasteiger partial charge in [0.05, 0.1) is 27.5 Å². The zero-order valence-electron chi connectivity index (χ0n) is 12.0. The van der Waals surface area contributed by atoms with Crippen molar-refractivity contribution in [3.05, 3.63) is 40.6 Å². The summed E-state index contributed by atoms with van der Waals surface area (Å²) in [6, 6.07) is 5.18. The Hall–Kier alpha value is -2.31. The van der Waals surface area contributed by atoms with Crippen LogP contribution in [0.25, 0.3) is 22.2 Å². The van der Waals surface area contributed by atoms with Crippen LogP contribution in [0.3, 0.4) is 0 Å². The summed E-state index contributed by atoms with van der Waals surface area (Å²) in [7, 11) is 1.80. The van der Waals surface area contributed by atoms with Crippen molar-refractivity contribution in [1.82, 2.24) is 14.8 Å². The predicted octanol–water partition coefficient (Wildman–Crippen LogP) is 3.44. The van der Waals surface area contributed by atoms with Crippen molar-refractivity contribution in [3.8, 4) is 11.3 Å². The third-order valence-corrected chi connectivity index (χ3v) is 4.10. The lowest BCUT2D eigenvalue weighted by molar-refractivity contribution is -0.134. The molecule has 0 amide bonds. The highest BCUT2D eigenvalue weighted by atomic mass is 35.5. The van der Waals surface area contributed by atoms with E-state index in [0.717, 1.165) is 5.56 Å². The number of fused-ring (bicyclic) bond motifs is 1. The molecule has 8 heteroatoms. The number of halogens is 2. The van der Waals surface area contributed by atoms with Gasteiger partial charge in [0.15, 0.2) is 0 Å². The van der Waals surface area contributed by atoms with Gasteiger partial charge in [-0.05, 0) is 18.2 Å². The first-order valence-corrected chi connectivity index (χ1v) is 7.44. The molecule has 0 aliphatic rings. The number of nitrogens with zero attached hydrogens (tertiary/aromatic N) is 3. The summed E-state index contributed by atoms with van der Waals surface area (Å²) in [6.45, 7) is -0.216. The van der Waals surface area contributed by atoms with Gasteiger partial charge in [-0.25, -0.2) is 4.98 Å². The van der Waals surface area contributed by atoms with E-state index in [2.05, 4.69) is 15.4 Å². The fraction of sp³-hybridized carbons (Fsp3) is 0.133. The molecule has 0 unspecified atom stereocenters. The summed E-state index contributed by atoms with van der Waals surface area (Å²) in [4.78, 5) is 15.4. The number of carboxylic acids is 1. The molecule has 2 heterocycles. The topological polar surface area (TPSA) is 80.0 Å². The van der Waals surface area contributed by atoms with Crippen LogP contribution in [0.1, 0.15) is 0 Å². The SMILES string of the molecule is Cn1cc(-c2cc(NCC(=O)O)c3ccc(Cl)c(Cl)c3n2)cn1. The van der Waals surface area contributed by atoms with Gasteiger partial charge in [-0.15, -0.1) is 0 Å². The van der Waals surface area contributed by atoms with E-state index < -0.39 is 5.97 Å². The van der Waals surface area contributed by atoms with Crippen LogP contribution in [0.15, 0.2) is 30.6 Å².